The summed E-state index contributed by atoms with van der Waals surface area (Å²) in [6.45, 7) is 1.15. The van der Waals surface area contributed by atoms with Crippen molar-refractivity contribution in [1.29, 1.82) is 0 Å². The van der Waals surface area contributed by atoms with Gasteiger partial charge in [-0.25, -0.2) is 4.98 Å². The van der Waals surface area contributed by atoms with Crippen molar-refractivity contribution in [2.45, 2.75) is 25.1 Å². The zero-order valence-electron chi connectivity index (χ0n) is 15.8. The van der Waals surface area contributed by atoms with Crippen LogP contribution >= 0.6 is 0 Å². The van der Waals surface area contributed by atoms with Crippen LogP contribution in [0, 0.1) is 0 Å². The van der Waals surface area contributed by atoms with Gasteiger partial charge in [0.05, 0.1) is 17.1 Å². The van der Waals surface area contributed by atoms with E-state index in [1.165, 1.54) is 12.4 Å². The van der Waals surface area contributed by atoms with Gasteiger partial charge in [-0.2, -0.15) is 27.8 Å². The first kappa shape index (κ1) is 18.6. The van der Waals surface area contributed by atoms with Gasteiger partial charge < -0.3 is 9.64 Å². The summed E-state index contributed by atoms with van der Waals surface area (Å²) in [4.78, 5) is 14.6. The van der Waals surface area contributed by atoms with E-state index in [1.54, 1.807) is 23.0 Å². The molecule has 154 valence electrons. The van der Waals surface area contributed by atoms with Crippen LogP contribution in [-0.4, -0.2) is 43.8 Å². The van der Waals surface area contributed by atoms with Crippen LogP contribution in [0.2, 0.25) is 0 Å². The SMILES string of the molecule is FC(F)(F)c1ccc2nccc(OCC3CCCN3c3ccnc4ncnn34)c2c1. The van der Waals surface area contributed by atoms with Crippen LogP contribution in [0.3, 0.4) is 0 Å². The molecule has 1 aromatic carbocycles. The Morgan fingerprint density at radius 3 is 2.80 bits per heavy atom. The van der Waals surface area contributed by atoms with Crippen molar-refractivity contribution in [2.75, 3.05) is 18.1 Å². The lowest BCUT2D eigenvalue weighted by Gasteiger charge is -2.26. The highest BCUT2D eigenvalue weighted by atomic mass is 19.4. The lowest BCUT2D eigenvalue weighted by atomic mass is 10.1. The fourth-order valence-electron chi connectivity index (χ4n) is 3.86. The number of hydrogen-bond donors (Lipinski definition) is 0. The van der Waals surface area contributed by atoms with Gasteiger partial charge in [-0.3, -0.25) is 4.98 Å². The number of halogens is 3. The third kappa shape index (κ3) is 3.27. The van der Waals surface area contributed by atoms with Gasteiger partial charge >= 0.3 is 6.18 Å². The van der Waals surface area contributed by atoms with E-state index in [2.05, 4.69) is 25.0 Å². The molecule has 1 unspecified atom stereocenters. The van der Waals surface area contributed by atoms with E-state index >= 15 is 0 Å². The van der Waals surface area contributed by atoms with Crippen LogP contribution in [-0.2, 0) is 6.18 Å². The van der Waals surface area contributed by atoms with E-state index in [9.17, 15) is 13.2 Å². The Morgan fingerprint density at radius 2 is 1.93 bits per heavy atom. The van der Waals surface area contributed by atoms with Crippen molar-refractivity contribution < 1.29 is 17.9 Å². The van der Waals surface area contributed by atoms with Crippen molar-refractivity contribution >= 4 is 22.5 Å². The Kier molecular flexibility index (Phi) is 4.41. The second-order valence-electron chi connectivity index (χ2n) is 7.11. The summed E-state index contributed by atoms with van der Waals surface area (Å²) in [6.07, 6.45) is 2.13. The summed E-state index contributed by atoms with van der Waals surface area (Å²) in [5.74, 6) is 1.76. The fraction of sp³-hybridized carbons (Fsp3) is 0.300. The monoisotopic (exact) mass is 414 g/mol. The maximum atomic E-state index is 13.1. The predicted octanol–water partition coefficient (Wildman–Crippen LogP) is 3.74. The summed E-state index contributed by atoms with van der Waals surface area (Å²) in [7, 11) is 0. The molecule has 0 spiro atoms. The molecule has 3 aromatic heterocycles. The molecular formula is C20H17F3N6O. The van der Waals surface area contributed by atoms with Gasteiger partial charge in [-0.05, 0) is 43.2 Å². The van der Waals surface area contributed by atoms with Crippen molar-refractivity contribution in [3.63, 3.8) is 0 Å². The van der Waals surface area contributed by atoms with E-state index in [1.807, 2.05) is 6.07 Å². The standard InChI is InChI=1S/C20H17F3N6O/c21-20(22,23)13-3-4-16-15(10-13)17(5-7-24-16)30-11-14-2-1-9-28(14)18-6-8-25-19-26-12-27-29(18)19/h3-8,10,12,14H,1-2,9,11H2. The van der Waals surface area contributed by atoms with Gasteiger partial charge in [-0.15, -0.1) is 0 Å². The van der Waals surface area contributed by atoms with Gasteiger partial charge in [0.25, 0.3) is 5.78 Å². The number of ether oxygens (including phenoxy) is 1. The minimum Gasteiger partial charge on any atom is -0.491 e. The van der Waals surface area contributed by atoms with E-state index in [-0.39, 0.29) is 6.04 Å². The molecule has 30 heavy (non-hydrogen) atoms. The van der Waals surface area contributed by atoms with E-state index < -0.39 is 11.7 Å². The molecule has 0 N–H and O–H groups in total. The van der Waals surface area contributed by atoms with Gasteiger partial charge in [0.1, 0.15) is 24.5 Å². The third-order valence-corrected chi connectivity index (χ3v) is 5.29. The normalized spacial score (nSPS) is 17.2. The number of rotatable bonds is 4. The zero-order valence-corrected chi connectivity index (χ0v) is 15.8. The Bertz CT molecular complexity index is 1210. The Morgan fingerprint density at radius 1 is 1.07 bits per heavy atom. The molecule has 7 nitrogen and oxygen atoms in total. The van der Waals surface area contributed by atoms with Crippen LogP contribution in [0.25, 0.3) is 16.7 Å². The van der Waals surface area contributed by atoms with Gasteiger partial charge in [0.2, 0.25) is 0 Å². The molecule has 0 radical (unpaired) electrons. The quantitative estimate of drug-likeness (QED) is 0.507. The van der Waals surface area contributed by atoms with E-state index in [4.69, 9.17) is 4.74 Å². The Labute approximate surface area is 169 Å². The van der Waals surface area contributed by atoms with E-state index in [0.717, 1.165) is 37.3 Å². The second-order valence-corrected chi connectivity index (χ2v) is 7.11. The molecule has 1 aliphatic heterocycles. The first-order valence-electron chi connectivity index (χ1n) is 9.51. The summed E-state index contributed by atoms with van der Waals surface area (Å²) in [5, 5.41) is 4.58. The van der Waals surface area contributed by atoms with Crippen LogP contribution in [0.1, 0.15) is 18.4 Å². The Hall–Kier alpha value is -3.43. The van der Waals surface area contributed by atoms with Crippen LogP contribution in [0.5, 0.6) is 5.75 Å². The van der Waals surface area contributed by atoms with Gasteiger partial charge in [-0.1, -0.05) is 0 Å². The molecule has 0 bridgehead atoms. The van der Waals surface area contributed by atoms with Crippen LogP contribution in [0.15, 0.2) is 49.1 Å². The number of alkyl halides is 3. The molecule has 0 aliphatic carbocycles. The van der Waals surface area contributed by atoms with E-state index in [0.29, 0.717) is 29.0 Å². The number of aromatic nitrogens is 5. The first-order valence-corrected chi connectivity index (χ1v) is 9.51. The molecule has 1 saturated heterocycles. The number of pyridine rings is 1. The molecule has 1 aliphatic rings. The average molecular weight is 414 g/mol. The smallest absolute Gasteiger partial charge is 0.416 e. The fourth-order valence-corrected chi connectivity index (χ4v) is 3.86. The van der Waals surface area contributed by atoms with Crippen LogP contribution in [0.4, 0.5) is 19.0 Å². The molecule has 0 saturated carbocycles. The number of nitrogens with zero attached hydrogens (tertiary/aromatic N) is 6. The first-order chi connectivity index (χ1) is 14.5. The molecule has 1 fully saturated rings. The Balaban J connectivity index is 1.41. The lowest BCUT2D eigenvalue weighted by Crippen LogP contribution is -2.35. The third-order valence-electron chi connectivity index (χ3n) is 5.29. The molecule has 10 heteroatoms. The summed E-state index contributed by atoms with van der Waals surface area (Å²) < 4.78 is 47.1. The largest absolute Gasteiger partial charge is 0.491 e. The predicted molar refractivity (Wildman–Crippen MR) is 103 cm³/mol. The molecule has 0 amide bonds. The molecule has 4 heterocycles. The summed E-state index contributed by atoms with van der Waals surface area (Å²) >= 11 is 0. The molecule has 1 atom stereocenters. The molecule has 5 rings (SSSR count). The highest BCUT2D eigenvalue weighted by Crippen LogP contribution is 2.34. The maximum Gasteiger partial charge on any atom is 0.416 e. The van der Waals surface area contributed by atoms with Crippen molar-refractivity contribution in [2.24, 2.45) is 0 Å². The topological polar surface area (TPSA) is 68.4 Å². The average Bonchev–Trinajstić information content (AvgIpc) is 3.40. The highest BCUT2D eigenvalue weighted by Gasteiger charge is 2.31. The zero-order chi connectivity index (χ0) is 20.7. The van der Waals surface area contributed by atoms with Crippen molar-refractivity contribution in [3.8, 4) is 5.75 Å². The molecule has 4 aromatic rings. The number of fused-ring (bicyclic) bond motifs is 2. The minimum absolute atomic E-state index is 0.0498. The van der Waals surface area contributed by atoms with Crippen molar-refractivity contribution in [1.82, 2.24) is 24.6 Å². The second kappa shape index (κ2) is 7.12. The number of benzene rings is 1. The number of anilines is 1. The number of hydrogen-bond acceptors (Lipinski definition) is 6. The molecular weight excluding hydrogens is 397 g/mol. The van der Waals surface area contributed by atoms with Gasteiger partial charge in [0, 0.05) is 24.3 Å². The lowest BCUT2D eigenvalue weighted by molar-refractivity contribution is -0.137. The maximum absolute atomic E-state index is 13.1. The highest BCUT2D eigenvalue weighted by molar-refractivity contribution is 5.85. The summed E-state index contributed by atoms with van der Waals surface area (Å²) in [5.41, 5.74) is -0.261. The van der Waals surface area contributed by atoms with Gasteiger partial charge in [0.15, 0.2) is 0 Å². The minimum atomic E-state index is -4.42. The van der Waals surface area contributed by atoms with Crippen molar-refractivity contribution in [3.05, 3.63) is 54.6 Å². The van der Waals surface area contributed by atoms with Crippen LogP contribution < -0.4 is 9.64 Å². The summed E-state index contributed by atoms with van der Waals surface area (Å²) in [6, 6.07) is 7.01.